The Balaban J connectivity index is 1.60. The van der Waals surface area contributed by atoms with Gasteiger partial charge in [0.1, 0.15) is 5.56 Å². The van der Waals surface area contributed by atoms with Crippen LogP contribution in [-0.4, -0.2) is 16.8 Å². The summed E-state index contributed by atoms with van der Waals surface area (Å²) in [5.74, 6) is -0.891. The molecule has 2 aromatic rings. The molecule has 1 unspecified atom stereocenters. The summed E-state index contributed by atoms with van der Waals surface area (Å²) in [6.07, 6.45) is 6.80. The maximum Gasteiger partial charge on any atom is 0.261 e. The van der Waals surface area contributed by atoms with Gasteiger partial charge in [-0.15, -0.1) is 0 Å². The summed E-state index contributed by atoms with van der Waals surface area (Å²) in [6, 6.07) is 7.22. The van der Waals surface area contributed by atoms with Gasteiger partial charge in [0.15, 0.2) is 0 Å². The van der Waals surface area contributed by atoms with Crippen molar-refractivity contribution in [3.8, 4) is 0 Å². The van der Waals surface area contributed by atoms with Gasteiger partial charge in [-0.3, -0.25) is 14.4 Å². The van der Waals surface area contributed by atoms with Crippen molar-refractivity contribution in [2.24, 2.45) is 5.73 Å². The number of aromatic amines is 1. The fraction of sp³-hybridized carbons (Fsp3) is 0.381. The van der Waals surface area contributed by atoms with E-state index in [1.807, 2.05) is 12.1 Å². The predicted molar refractivity (Wildman–Crippen MR) is 102 cm³/mol. The Bertz CT molecular complexity index is 977. The maximum atomic E-state index is 12.8. The highest BCUT2D eigenvalue weighted by Crippen LogP contribution is 2.29. The molecular weight excluding hydrogens is 342 g/mol. The summed E-state index contributed by atoms with van der Waals surface area (Å²) in [6.45, 7) is 0. The SMILES string of the molecule is NC(=O)c1cc2c([nH]c1=O)CCCC2NC(=O)c1ccc2c(c1)CCCC2. The number of aryl methyl sites for hydroxylation is 3. The number of nitrogens with two attached hydrogens (primary N) is 1. The zero-order chi connectivity index (χ0) is 19.0. The van der Waals surface area contributed by atoms with Gasteiger partial charge in [-0.25, -0.2) is 0 Å². The second-order valence-electron chi connectivity index (χ2n) is 7.42. The van der Waals surface area contributed by atoms with Crippen LogP contribution in [0, 0.1) is 0 Å². The number of hydrogen-bond donors (Lipinski definition) is 3. The van der Waals surface area contributed by atoms with Crippen molar-refractivity contribution in [1.29, 1.82) is 0 Å². The van der Waals surface area contributed by atoms with E-state index >= 15 is 0 Å². The average Bonchev–Trinajstić information content (AvgIpc) is 2.67. The van der Waals surface area contributed by atoms with Crippen molar-refractivity contribution in [2.75, 3.05) is 0 Å². The normalized spacial score (nSPS) is 18.3. The highest BCUT2D eigenvalue weighted by Gasteiger charge is 2.25. The third-order valence-corrected chi connectivity index (χ3v) is 5.63. The molecule has 1 heterocycles. The molecule has 1 atom stereocenters. The Morgan fingerprint density at radius 1 is 1.04 bits per heavy atom. The molecule has 0 saturated heterocycles. The number of aromatic nitrogens is 1. The molecule has 0 radical (unpaired) electrons. The standard InChI is InChI=1S/C21H23N3O3/c22-19(25)16-11-15-17(6-3-7-18(15)24-21(16)27)23-20(26)14-9-8-12-4-1-2-5-13(12)10-14/h8-11,17H,1-7H2,(H2,22,25)(H,23,26)(H,24,27). The Hall–Kier alpha value is -2.89. The number of carbonyl (C=O) groups excluding carboxylic acids is 2. The van der Waals surface area contributed by atoms with E-state index in [2.05, 4.69) is 16.4 Å². The van der Waals surface area contributed by atoms with Crippen LogP contribution in [0.25, 0.3) is 0 Å². The quantitative estimate of drug-likeness (QED) is 0.776. The molecule has 27 heavy (non-hydrogen) atoms. The molecule has 1 aromatic carbocycles. The number of benzene rings is 1. The van der Waals surface area contributed by atoms with Gasteiger partial charge in [0.25, 0.3) is 17.4 Å². The Morgan fingerprint density at radius 2 is 1.81 bits per heavy atom. The van der Waals surface area contributed by atoms with Crippen LogP contribution >= 0.6 is 0 Å². The van der Waals surface area contributed by atoms with Crippen LogP contribution in [-0.2, 0) is 19.3 Å². The lowest BCUT2D eigenvalue weighted by atomic mass is 9.89. The molecule has 2 aliphatic carbocycles. The first-order chi connectivity index (χ1) is 13.0. The number of nitrogens with one attached hydrogen (secondary N) is 2. The first-order valence-corrected chi connectivity index (χ1v) is 9.51. The zero-order valence-electron chi connectivity index (χ0n) is 15.1. The van der Waals surface area contributed by atoms with Gasteiger partial charge in [-0.05, 0) is 79.8 Å². The Labute approximate surface area is 157 Å². The highest BCUT2D eigenvalue weighted by molar-refractivity contribution is 5.95. The lowest BCUT2D eigenvalue weighted by Gasteiger charge is -2.26. The van der Waals surface area contributed by atoms with E-state index in [0.29, 0.717) is 5.56 Å². The summed E-state index contributed by atoms with van der Waals surface area (Å²) in [5, 5.41) is 3.07. The molecule has 4 rings (SSSR count). The summed E-state index contributed by atoms with van der Waals surface area (Å²) in [7, 11) is 0. The highest BCUT2D eigenvalue weighted by atomic mass is 16.2. The van der Waals surface area contributed by atoms with Crippen molar-refractivity contribution in [3.63, 3.8) is 0 Å². The van der Waals surface area contributed by atoms with Crippen LogP contribution in [0.4, 0.5) is 0 Å². The van der Waals surface area contributed by atoms with Crippen LogP contribution < -0.4 is 16.6 Å². The Morgan fingerprint density at radius 3 is 2.59 bits per heavy atom. The number of rotatable bonds is 3. The van der Waals surface area contributed by atoms with Gasteiger partial charge in [-0.1, -0.05) is 6.07 Å². The van der Waals surface area contributed by atoms with Gasteiger partial charge in [0.05, 0.1) is 6.04 Å². The molecule has 0 fully saturated rings. The topological polar surface area (TPSA) is 105 Å². The van der Waals surface area contributed by atoms with E-state index < -0.39 is 11.5 Å². The third kappa shape index (κ3) is 3.39. The van der Waals surface area contributed by atoms with Crippen LogP contribution in [0.15, 0.2) is 29.1 Å². The van der Waals surface area contributed by atoms with Gasteiger partial charge < -0.3 is 16.0 Å². The monoisotopic (exact) mass is 365 g/mol. The van der Waals surface area contributed by atoms with Crippen molar-refractivity contribution in [3.05, 3.63) is 68.1 Å². The second-order valence-corrected chi connectivity index (χ2v) is 7.42. The minimum atomic E-state index is -0.760. The number of amides is 2. The molecule has 0 bridgehead atoms. The van der Waals surface area contributed by atoms with E-state index in [4.69, 9.17) is 5.73 Å². The molecule has 6 nitrogen and oxygen atoms in total. The van der Waals surface area contributed by atoms with Gasteiger partial charge in [0, 0.05) is 11.3 Å². The molecule has 1 aromatic heterocycles. The zero-order valence-corrected chi connectivity index (χ0v) is 15.1. The van der Waals surface area contributed by atoms with Crippen LogP contribution in [0.5, 0.6) is 0 Å². The molecule has 2 aliphatic rings. The lowest BCUT2D eigenvalue weighted by Crippen LogP contribution is -2.34. The van der Waals surface area contributed by atoms with Crippen LogP contribution in [0.3, 0.4) is 0 Å². The van der Waals surface area contributed by atoms with Crippen molar-refractivity contribution in [2.45, 2.75) is 51.0 Å². The first-order valence-electron chi connectivity index (χ1n) is 9.51. The van der Waals surface area contributed by atoms with E-state index in [1.54, 1.807) is 0 Å². The Kier molecular flexibility index (Phi) is 4.56. The fourth-order valence-corrected chi connectivity index (χ4v) is 4.19. The van der Waals surface area contributed by atoms with Crippen LogP contribution in [0.2, 0.25) is 0 Å². The molecule has 140 valence electrons. The van der Waals surface area contributed by atoms with Crippen molar-refractivity contribution >= 4 is 11.8 Å². The fourth-order valence-electron chi connectivity index (χ4n) is 4.19. The summed E-state index contributed by atoms with van der Waals surface area (Å²) >= 11 is 0. The molecule has 2 amide bonds. The van der Waals surface area contributed by atoms with E-state index in [9.17, 15) is 14.4 Å². The number of H-pyrrole nitrogens is 1. The minimum Gasteiger partial charge on any atom is -0.365 e. The van der Waals surface area contributed by atoms with E-state index in [1.165, 1.54) is 23.6 Å². The summed E-state index contributed by atoms with van der Waals surface area (Å²) in [4.78, 5) is 39.1. The summed E-state index contributed by atoms with van der Waals surface area (Å²) in [5.41, 5.74) is 9.57. The van der Waals surface area contributed by atoms with Gasteiger partial charge >= 0.3 is 0 Å². The molecule has 4 N–H and O–H groups in total. The van der Waals surface area contributed by atoms with Gasteiger partial charge in [0.2, 0.25) is 0 Å². The second kappa shape index (κ2) is 7.02. The molecule has 0 aliphatic heterocycles. The smallest absolute Gasteiger partial charge is 0.261 e. The number of carbonyl (C=O) groups is 2. The largest absolute Gasteiger partial charge is 0.365 e. The number of fused-ring (bicyclic) bond motifs is 2. The van der Waals surface area contributed by atoms with E-state index in [0.717, 1.165) is 49.8 Å². The first kappa shape index (κ1) is 17.5. The molecular formula is C21H23N3O3. The molecule has 6 heteroatoms. The third-order valence-electron chi connectivity index (χ3n) is 5.63. The van der Waals surface area contributed by atoms with Crippen LogP contribution in [0.1, 0.15) is 74.8 Å². The van der Waals surface area contributed by atoms with Gasteiger partial charge in [-0.2, -0.15) is 0 Å². The summed E-state index contributed by atoms with van der Waals surface area (Å²) < 4.78 is 0. The average molecular weight is 365 g/mol. The minimum absolute atomic E-state index is 0.0660. The van der Waals surface area contributed by atoms with Crippen molar-refractivity contribution in [1.82, 2.24) is 10.3 Å². The lowest BCUT2D eigenvalue weighted by molar-refractivity contribution is 0.0932. The number of primary amides is 1. The predicted octanol–water partition coefficient (Wildman–Crippen LogP) is 2.16. The number of hydrogen-bond acceptors (Lipinski definition) is 3. The molecule has 0 saturated carbocycles. The number of pyridine rings is 1. The maximum absolute atomic E-state index is 12.8. The van der Waals surface area contributed by atoms with E-state index in [-0.39, 0.29) is 17.5 Å². The van der Waals surface area contributed by atoms with Crippen molar-refractivity contribution < 1.29 is 9.59 Å². The molecule has 0 spiro atoms.